The van der Waals surface area contributed by atoms with Gasteiger partial charge in [-0.2, -0.15) is 0 Å². The van der Waals surface area contributed by atoms with Crippen molar-refractivity contribution >= 4 is 11.9 Å². The van der Waals surface area contributed by atoms with Gasteiger partial charge in [0.1, 0.15) is 6.54 Å². The van der Waals surface area contributed by atoms with Gasteiger partial charge in [-0.05, 0) is 12.1 Å². The normalized spacial score (nSPS) is 11.2. The summed E-state index contributed by atoms with van der Waals surface area (Å²) in [4.78, 5) is 21.7. The van der Waals surface area contributed by atoms with Crippen LogP contribution >= 0.6 is 0 Å². The largest absolute Gasteiger partial charge is 0.383 e. The Balaban J connectivity index is 2.29. The van der Waals surface area contributed by atoms with Crippen molar-refractivity contribution in [1.29, 1.82) is 0 Å². The fourth-order valence-corrected chi connectivity index (χ4v) is 1.56. The Bertz CT molecular complexity index is 450. The Morgan fingerprint density at radius 1 is 1.52 bits per heavy atom. The molecule has 0 fully saturated rings. The molecule has 7 nitrogen and oxygen atoms in total. The lowest BCUT2D eigenvalue weighted by Crippen LogP contribution is -2.36. The molecular formula is C14H23N5O2. The summed E-state index contributed by atoms with van der Waals surface area (Å²) in [5, 5.41) is 2.86. The minimum atomic E-state index is -0.0811. The molecule has 116 valence electrons. The molecule has 0 aliphatic carbocycles. The number of aromatic nitrogens is 1. The quantitative estimate of drug-likeness (QED) is 0.388. The zero-order valence-electron chi connectivity index (χ0n) is 12.6. The predicted molar refractivity (Wildman–Crippen MR) is 81.9 cm³/mol. The minimum Gasteiger partial charge on any atom is -0.383 e. The molecule has 3 N–H and O–H groups in total. The molecule has 0 saturated heterocycles. The summed E-state index contributed by atoms with van der Waals surface area (Å²) < 4.78 is 4.88. The number of amides is 1. The molecule has 0 aliphatic rings. The van der Waals surface area contributed by atoms with Crippen molar-refractivity contribution in [2.45, 2.75) is 6.42 Å². The molecular weight excluding hydrogens is 270 g/mol. The van der Waals surface area contributed by atoms with E-state index >= 15 is 0 Å². The predicted octanol–water partition coefficient (Wildman–Crippen LogP) is -0.367. The average Bonchev–Trinajstić information content (AvgIpc) is 2.51. The number of pyridine rings is 1. The van der Waals surface area contributed by atoms with Gasteiger partial charge in [-0.1, -0.05) is 6.07 Å². The van der Waals surface area contributed by atoms with Gasteiger partial charge in [0, 0.05) is 45.6 Å². The number of hydrogen-bond donors (Lipinski definition) is 2. The number of likely N-dealkylation sites (N-methyl/N-ethyl adjacent to an activating group) is 1. The van der Waals surface area contributed by atoms with Crippen LogP contribution in [0.5, 0.6) is 0 Å². The SMILES string of the molecule is COCCNC(N)=NCC(=O)N(C)CCc1ccccn1. The van der Waals surface area contributed by atoms with E-state index < -0.39 is 0 Å². The molecule has 1 aromatic rings. The highest BCUT2D eigenvalue weighted by Gasteiger charge is 2.08. The van der Waals surface area contributed by atoms with E-state index in [9.17, 15) is 4.79 Å². The number of hydrogen-bond acceptors (Lipinski definition) is 4. The zero-order chi connectivity index (χ0) is 15.5. The summed E-state index contributed by atoms with van der Waals surface area (Å²) in [6.45, 7) is 1.73. The van der Waals surface area contributed by atoms with E-state index in [4.69, 9.17) is 10.5 Å². The van der Waals surface area contributed by atoms with Crippen LogP contribution in [-0.2, 0) is 16.0 Å². The van der Waals surface area contributed by atoms with E-state index in [1.165, 1.54) is 0 Å². The molecule has 1 heterocycles. The van der Waals surface area contributed by atoms with Gasteiger partial charge in [0.15, 0.2) is 5.96 Å². The van der Waals surface area contributed by atoms with Crippen LogP contribution < -0.4 is 11.1 Å². The maximum atomic E-state index is 11.9. The van der Waals surface area contributed by atoms with E-state index in [0.717, 1.165) is 5.69 Å². The Morgan fingerprint density at radius 2 is 2.33 bits per heavy atom. The third-order valence-electron chi connectivity index (χ3n) is 2.85. The van der Waals surface area contributed by atoms with Gasteiger partial charge in [-0.3, -0.25) is 9.78 Å². The lowest BCUT2D eigenvalue weighted by atomic mass is 10.2. The summed E-state index contributed by atoms with van der Waals surface area (Å²) in [6, 6.07) is 5.74. The fourth-order valence-electron chi connectivity index (χ4n) is 1.56. The van der Waals surface area contributed by atoms with E-state index in [1.807, 2.05) is 18.2 Å². The molecule has 1 aromatic heterocycles. The van der Waals surface area contributed by atoms with Crippen LogP contribution in [0.1, 0.15) is 5.69 Å². The van der Waals surface area contributed by atoms with E-state index in [0.29, 0.717) is 26.1 Å². The standard InChI is InChI=1S/C14H23N5O2/c1-19(9-6-12-5-3-4-7-16-12)13(20)11-18-14(15)17-8-10-21-2/h3-5,7H,6,8-11H2,1-2H3,(H3,15,17,18). The van der Waals surface area contributed by atoms with Crippen molar-refractivity contribution in [3.05, 3.63) is 30.1 Å². The van der Waals surface area contributed by atoms with Gasteiger partial charge in [0.05, 0.1) is 6.61 Å². The summed E-state index contributed by atoms with van der Waals surface area (Å²) >= 11 is 0. The first-order valence-electron chi connectivity index (χ1n) is 6.80. The van der Waals surface area contributed by atoms with Crippen molar-refractivity contribution in [2.24, 2.45) is 10.7 Å². The molecule has 0 aromatic carbocycles. The molecule has 0 atom stereocenters. The summed E-state index contributed by atoms with van der Waals surface area (Å²) in [5.74, 6) is 0.168. The van der Waals surface area contributed by atoms with Crippen LogP contribution in [-0.4, -0.2) is 62.1 Å². The van der Waals surface area contributed by atoms with Gasteiger partial charge in [0.25, 0.3) is 0 Å². The summed E-state index contributed by atoms with van der Waals surface area (Å²) in [5.41, 5.74) is 6.59. The van der Waals surface area contributed by atoms with Crippen LogP contribution in [0.4, 0.5) is 0 Å². The number of carbonyl (C=O) groups is 1. The average molecular weight is 293 g/mol. The second kappa shape index (κ2) is 9.71. The van der Waals surface area contributed by atoms with Crippen LogP contribution in [0.2, 0.25) is 0 Å². The van der Waals surface area contributed by atoms with Crippen LogP contribution in [0.15, 0.2) is 29.4 Å². The van der Waals surface area contributed by atoms with Crippen molar-refractivity contribution in [2.75, 3.05) is 40.4 Å². The highest BCUT2D eigenvalue weighted by Crippen LogP contribution is 1.97. The molecule has 0 saturated carbocycles. The molecule has 0 radical (unpaired) electrons. The number of nitrogens with zero attached hydrogens (tertiary/aromatic N) is 3. The Labute approximate surface area is 125 Å². The topological polar surface area (TPSA) is 92.8 Å². The number of guanidine groups is 1. The van der Waals surface area contributed by atoms with Crippen molar-refractivity contribution in [3.8, 4) is 0 Å². The lowest BCUT2D eigenvalue weighted by Gasteiger charge is -2.15. The summed E-state index contributed by atoms with van der Waals surface area (Å²) in [7, 11) is 3.35. The van der Waals surface area contributed by atoms with Gasteiger partial charge >= 0.3 is 0 Å². The van der Waals surface area contributed by atoms with E-state index in [1.54, 1.807) is 25.3 Å². The molecule has 7 heteroatoms. The number of rotatable bonds is 8. The Morgan fingerprint density at radius 3 is 3.00 bits per heavy atom. The first-order chi connectivity index (χ1) is 10.1. The molecule has 1 amide bonds. The molecule has 21 heavy (non-hydrogen) atoms. The van der Waals surface area contributed by atoms with Gasteiger partial charge in [0.2, 0.25) is 5.91 Å². The molecule has 0 spiro atoms. The molecule has 0 bridgehead atoms. The third kappa shape index (κ3) is 7.26. The monoisotopic (exact) mass is 293 g/mol. The van der Waals surface area contributed by atoms with Crippen LogP contribution in [0.3, 0.4) is 0 Å². The summed E-state index contributed by atoms with van der Waals surface area (Å²) in [6.07, 6.45) is 2.46. The number of carbonyl (C=O) groups excluding carboxylic acids is 1. The first-order valence-corrected chi connectivity index (χ1v) is 6.80. The number of aliphatic imine (C=N–C) groups is 1. The zero-order valence-corrected chi connectivity index (χ0v) is 12.6. The Hall–Kier alpha value is -2.15. The van der Waals surface area contributed by atoms with Gasteiger partial charge in [-0.15, -0.1) is 0 Å². The van der Waals surface area contributed by atoms with Crippen molar-refractivity contribution < 1.29 is 9.53 Å². The van der Waals surface area contributed by atoms with Crippen molar-refractivity contribution in [3.63, 3.8) is 0 Å². The van der Waals surface area contributed by atoms with E-state index in [2.05, 4.69) is 15.3 Å². The second-order valence-electron chi connectivity index (χ2n) is 4.51. The maximum absolute atomic E-state index is 11.9. The second-order valence-corrected chi connectivity index (χ2v) is 4.51. The van der Waals surface area contributed by atoms with Gasteiger partial charge < -0.3 is 20.7 Å². The third-order valence-corrected chi connectivity index (χ3v) is 2.85. The fraction of sp³-hybridized carbons (Fsp3) is 0.500. The van der Waals surface area contributed by atoms with Gasteiger partial charge in [-0.25, -0.2) is 4.99 Å². The number of methoxy groups -OCH3 is 1. The highest BCUT2D eigenvalue weighted by molar-refractivity contribution is 5.83. The number of nitrogens with one attached hydrogen (secondary N) is 1. The smallest absolute Gasteiger partial charge is 0.244 e. The van der Waals surface area contributed by atoms with Crippen molar-refractivity contribution in [1.82, 2.24) is 15.2 Å². The molecule has 0 unspecified atom stereocenters. The van der Waals surface area contributed by atoms with E-state index in [-0.39, 0.29) is 18.4 Å². The molecule has 0 aliphatic heterocycles. The minimum absolute atomic E-state index is 0.0323. The number of nitrogens with two attached hydrogens (primary N) is 1. The Kier molecular flexibility index (Phi) is 7.81. The number of ether oxygens (including phenoxy) is 1. The maximum Gasteiger partial charge on any atom is 0.244 e. The van der Waals surface area contributed by atoms with Crippen LogP contribution in [0.25, 0.3) is 0 Å². The van der Waals surface area contributed by atoms with Crippen LogP contribution in [0, 0.1) is 0 Å². The molecule has 1 rings (SSSR count). The highest BCUT2D eigenvalue weighted by atomic mass is 16.5. The first kappa shape index (κ1) is 16.9. The lowest BCUT2D eigenvalue weighted by molar-refractivity contribution is -0.128.